The highest BCUT2D eigenvalue weighted by atomic mass is 32.2. The van der Waals surface area contributed by atoms with E-state index in [2.05, 4.69) is 102 Å². The van der Waals surface area contributed by atoms with Gasteiger partial charge >= 0.3 is 0 Å². The van der Waals surface area contributed by atoms with Crippen molar-refractivity contribution in [3.05, 3.63) is 107 Å². The standard InChI is InChI=1S/C36H34N2O4S2/c1-3-37-31-22-28-10-4-5-11-29(28)23-32(31)42-34(37)20-25-17-24(2)18-26(19-25)21-35-38(15-8-16-44(39,40)41)36-30-12-7-6-9-27(30)13-14-33(36)43-35/h4-7,9-14,19-24H,3,8,15-18H2,1-2H3. The van der Waals surface area contributed by atoms with Crippen LogP contribution in [0.3, 0.4) is 0 Å². The van der Waals surface area contributed by atoms with Crippen LogP contribution in [0.1, 0.15) is 38.1 Å². The molecule has 1 atom stereocenters. The van der Waals surface area contributed by atoms with E-state index in [1.807, 2.05) is 12.1 Å². The highest BCUT2D eigenvalue weighted by Gasteiger charge is 2.27. The molecule has 5 aromatic rings. The van der Waals surface area contributed by atoms with Crippen LogP contribution in [0.4, 0.5) is 5.69 Å². The molecule has 0 N–H and O–H groups in total. The fourth-order valence-electron chi connectivity index (χ4n) is 6.57. The normalized spacial score (nSPS) is 18.8. The van der Waals surface area contributed by atoms with Crippen molar-refractivity contribution < 1.29 is 22.3 Å². The van der Waals surface area contributed by atoms with Crippen molar-refractivity contribution in [1.29, 1.82) is 0 Å². The molecule has 224 valence electrons. The third kappa shape index (κ3) is 5.65. The number of allylic oxidation sites excluding steroid dienone is 4. The van der Waals surface area contributed by atoms with Crippen LogP contribution in [0.15, 0.2) is 102 Å². The second-order valence-electron chi connectivity index (χ2n) is 11.8. The van der Waals surface area contributed by atoms with Gasteiger partial charge < -0.3 is 14.2 Å². The predicted octanol–water partition coefficient (Wildman–Crippen LogP) is 7.93. The highest BCUT2D eigenvalue weighted by Crippen LogP contribution is 2.43. The van der Waals surface area contributed by atoms with Crippen molar-refractivity contribution in [3.63, 3.8) is 0 Å². The van der Waals surface area contributed by atoms with Gasteiger partial charge in [-0.2, -0.15) is 4.57 Å². The molecule has 1 unspecified atom stereocenters. The maximum Gasteiger partial charge on any atom is 0.263 e. The summed E-state index contributed by atoms with van der Waals surface area (Å²) in [6.07, 6.45) is 8.87. The summed E-state index contributed by atoms with van der Waals surface area (Å²) < 4.78 is 44.1. The van der Waals surface area contributed by atoms with Gasteiger partial charge in [-0.3, -0.25) is 0 Å². The molecule has 6 nitrogen and oxygen atoms in total. The highest BCUT2D eigenvalue weighted by molar-refractivity contribution is 7.85. The lowest BCUT2D eigenvalue weighted by Gasteiger charge is -2.21. The summed E-state index contributed by atoms with van der Waals surface area (Å²) in [5, 5.41) is 5.67. The van der Waals surface area contributed by atoms with Gasteiger partial charge in [-0.1, -0.05) is 72.9 Å². The number of ether oxygens (including phenoxy) is 1. The minimum Gasteiger partial charge on any atom is -0.748 e. The summed E-state index contributed by atoms with van der Waals surface area (Å²) in [7, 11) is -4.28. The molecule has 2 aliphatic rings. The molecule has 2 heterocycles. The van der Waals surface area contributed by atoms with E-state index in [1.165, 1.54) is 16.5 Å². The predicted molar refractivity (Wildman–Crippen MR) is 179 cm³/mol. The Morgan fingerprint density at radius 1 is 1.00 bits per heavy atom. The Kier molecular flexibility index (Phi) is 7.52. The van der Waals surface area contributed by atoms with Crippen molar-refractivity contribution in [2.75, 3.05) is 17.2 Å². The Hall–Kier alpha value is -3.98. The number of rotatable bonds is 7. The number of nitrogens with zero attached hydrogens (tertiary/aromatic N) is 2. The third-order valence-corrected chi connectivity index (χ3v) is 10.3. The molecule has 7 rings (SSSR count). The molecule has 8 heteroatoms. The summed E-state index contributed by atoms with van der Waals surface area (Å²) >= 11 is 1.70. The number of hydrogen-bond acceptors (Lipinski definition) is 6. The van der Waals surface area contributed by atoms with Crippen LogP contribution in [0.5, 0.6) is 5.75 Å². The van der Waals surface area contributed by atoms with E-state index in [9.17, 15) is 13.0 Å². The molecule has 1 aliphatic carbocycles. The Morgan fingerprint density at radius 2 is 1.75 bits per heavy atom. The van der Waals surface area contributed by atoms with Crippen molar-refractivity contribution in [3.8, 4) is 5.75 Å². The van der Waals surface area contributed by atoms with E-state index in [4.69, 9.17) is 4.74 Å². The smallest absolute Gasteiger partial charge is 0.263 e. The van der Waals surface area contributed by atoms with E-state index in [0.29, 0.717) is 12.5 Å². The fraction of sp³-hybridized carbons (Fsp3) is 0.250. The Bertz CT molecular complexity index is 2120. The lowest BCUT2D eigenvalue weighted by Crippen LogP contribution is -2.36. The van der Waals surface area contributed by atoms with Gasteiger partial charge in [-0.25, -0.2) is 8.42 Å². The first-order valence-corrected chi connectivity index (χ1v) is 17.5. The summed E-state index contributed by atoms with van der Waals surface area (Å²) in [4.78, 5) is 2.24. The lowest BCUT2D eigenvalue weighted by atomic mass is 9.86. The van der Waals surface area contributed by atoms with E-state index in [1.54, 1.807) is 11.3 Å². The number of aromatic nitrogens is 1. The van der Waals surface area contributed by atoms with Crippen molar-refractivity contribution in [2.45, 2.75) is 39.7 Å². The number of thiazole rings is 1. The number of hydrogen-bond donors (Lipinski definition) is 0. The van der Waals surface area contributed by atoms with Gasteiger partial charge in [0.2, 0.25) is 11.4 Å². The summed E-state index contributed by atoms with van der Waals surface area (Å²) in [5.74, 6) is 1.81. The van der Waals surface area contributed by atoms with Crippen LogP contribution in [-0.4, -0.2) is 25.3 Å². The molecule has 0 saturated heterocycles. The Labute approximate surface area is 261 Å². The van der Waals surface area contributed by atoms with Crippen molar-refractivity contribution in [1.82, 2.24) is 0 Å². The first-order chi connectivity index (χ1) is 21.3. The summed E-state index contributed by atoms with van der Waals surface area (Å²) in [5.41, 5.74) is 4.62. The largest absolute Gasteiger partial charge is 0.748 e. The molecule has 44 heavy (non-hydrogen) atoms. The molecule has 0 bridgehead atoms. The first-order valence-electron chi connectivity index (χ1n) is 15.1. The number of fused-ring (bicyclic) bond motifs is 5. The van der Waals surface area contributed by atoms with Crippen molar-refractivity contribution in [2.24, 2.45) is 5.92 Å². The maximum atomic E-state index is 11.4. The Balaban J connectivity index is 1.27. The minimum absolute atomic E-state index is 0.269. The maximum absolute atomic E-state index is 11.4. The number of benzene rings is 4. The van der Waals surface area contributed by atoms with Gasteiger partial charge in [-0.05, 0) is 77.3 Å². The zero-order chi connectivity index (χ0) is 30.4. The molecule has 0 spiro atoms. The SMILES string of the molecule is CCN1/C(=C/C2=CC(=C/c3sc4ccc5ccccc5c4[n+]3CCCS(=O)(=O)[O-])/CC(C)C2)Oc2cc3ccccc3cc21. The molecular weight excluding hydrogens is 589 g/mol. The quantitative estimate of drug-likeness (QED) is 0.136. The molecular formula is C36H34N2O4S2. The fourth-order valence-corrected chi connectivity index (χ4v) is 8.24. The van der Waals surface area contributed by atoms with Gasteiger partial charge in [0.25, 0.3) is 5.01 Å². The zero-order valence-electron chi connectivity index (χ0n) is 24.8. The monoisotopic (exact) mass is 622 g/mol. The van der Waals surface area contributed by atoms with Gasteiger partial charge in [0.05, 0.1) is 21.2 Å². The molecule has 1 aliphatic heterocycles. The van der Waals surface area contributed by atoms with Crippen LogP contribution >= 0.6 is 11.3 Å². The van der Waals surface area contributed by atoms with Crippen LogP contribution in [-0.2, 0) is 16.7 Å². The van der Waals surface area contributed by atoms with E-state index in [-0.39, 0.29) is 12.2 Å². The van der Waals surface area contributed by atoms with E-state index >= 15 is 0 Å². The molecule has 4 aromatic carbocycles. The number of anilines is 1. The lowest BCUT2D eigenvalue weighted by molar-refractivity contribution is -0.667. The molecule has 0 saturated carbocycles. The molecule has 0 radical (unpaired) electrons. The molecule has 0 amide bonds. The van der Waals surface area contributed by atoms with Crippen molar-refractivity contribution >= 4 is 65.0 Å². The first kappa shape index (κ1) is 28.8. The Morgan fingerprint density at radius 3 is 2.52 bits per heavy atom. The summed E-state index contributed by atoms with van der Waals surface area (Å²) in [6.45, 7) is 5.68. The van der Waals surface area contributed by atoms with Gasteiger partial charge in [0.15, 0.2) is 12.3 Å². The topological polar surface area (TPSA) is 73.6 Å². The average molecular weight is 623 g/mol. The average Bonchev–Trinajstić information content (AvgIpc) is 3.51. The van der Waals surface area contributed by atoms with E-state index in [0.717, 1.165) is 68.1 Å². The van der Waals surface area contributed by atoms with E-state index < -0.39 is 10.1 Å². The third-order valence-electron chi connectivity index (χ3n) is 8.46. The van der Waals surface area contributed by atoms with Gasteiger partial charge in [0, 0.05) is 30.9 Å². The second-order valence-corrected chi connectivity index (χ2v) is 14.4. The number of aryl methyl sites for hydroxylation is 1. The van der Waals surface area contributed by atoms with Gasteiger partial charge in [0.1, 0.15) is 4.70 Å². The van der Waals surface area contributed by atoms with Crippen LogP contribution in [0.2, 0.25) is 0 Å². The molecule has 0 fully saturated rings. The minimum atomic E-state index is -4.28. The second kappa shape index (κ2) is 11.5. The van der Waals surface area contributed by atoms with Gasteiger partial charge in [-0.15, -0.1) is 0 Å². The molecule has 1 aromatic heterocycles. The van der Waals surface area contributed by atoms with Crippen LogP contribution < -0.4 is 14.2 Å². The summed E-state index contributed by atoms with van der Waals surface area (Å²) in [6, 6.07) is 25.2. The zero-order valence-corrected chi connectivity index (χ0v) is 26.5. The van der Waals surface area contributed by atoms with Crippen LogP contribution in [0.25, 0.3) is 37.8 Å². The van der Waals surface area contributed by atoms with Crippen LogP contribution in [0, 0.1) is 5.92 Å².